The summed E-state index contributed by atoms with van der Waals surface area (Å²) in [4.78, 5) is 12.6. The Kier molecular flexibility index (Phi) is 11.3. The van der Waals surface area contributed by atoms with Gasteiger partial charge in [0.2, 0.25) is 11.4 Å². The molecule has 2 heterocycles. The molecule has 2 aliphatic rings. The van der Waals surface area contributed by atoms with E-state index in [0.717, 1.165) is 78.0 Å². The largest absolute Gasteiger partial charge is 0.465 e. The molecule has 0 amide bonds. The molecule has 0 N–H and O–H groups in total. The Morgan fingerprint density at radius 1 is 0.303 bits per heavy atom. The van der Waals surface area contributed by atoms with Crippen LogP contribution < -0.4 is 20.2 Å². The van der Waals surface area contributed by atoms with Crippen LogP contribution in [-0.4, -0.2) is 16.1 Å². The molecule has 0 saturated carbocycles. The number of benzene rings is 13. The lowest BCUT2D eigenvalue weighted by molar-refractivity contribution is 0.670. The zero-order chi connectivity index (χ0) is 60.2. The Hall–Kier alpha value is -10.7. The minimum absolute atomic E-state index is 0.491. The summed E-state index contributed by atoms with van der Waals surface area (Å²) in [5.74, 6) is 0. The fourth-order valence-corrected chi connectivity index (χ4v) is 17.4. The van der Waals surface area contributed by atoms with Crippen molar-refractivity contribution < 1.29 is 8.83 Å². The number of para-hydroxylation sites is 4. The summed E-state index contributed by atoms with van der Waals surface area (Å²) in [6, 6.07) is 89.1. The Balaban J connectivity index is 0.977. The van der Waals surface area contributed by atoms with Gasteiger partial charge in [0.1, 0.15) is 11.2 Å². The van der Waals surface area contributed by atoms with E-state index in [4.69, 9.17) is 22.0 Å². The Morgan fingerprint density at radius 3 is 1.11 bits per heavy atom. The van der Waals surface area contributed by atoms with Crippen LogP contribution in [0, 0.1) is 13.1 Å². The van der Waals surface area contributed by atoms with Gasteiger partial charge in [0.05, 0.1) is 46.1 Å². The molecule has 17 rings (SSSR count). The van der Waals surface area contributed by atoms with Crippen molar-refractivity contribution in [1.29, 1.82) is 0 Å². The van der Waals surface area contributed by atoms with Crippen LogP contribution in [0.5, 0.6) is 0 Å². The third kappa shape index (κ3) is 7.58. The van der Waals surface area contributed by atoms with E-state index in [1.807, 2.05) is 24.3 Å². The molecular formula is C81H58N4O2Si2. The highest BCUT2D eigenvalue weighted by molar-refractivity contribution is 6.89. The molecule has 2 aromatic heterocycles. The van der Waals surface area contributed by atoms with Crippen LogP contribution in [0.1, 0.15) is 22.3 Å². The number of nitrogens with zero attached hydrogens (tertiary/aromatic N) is 4. The summed E-state index contributed by atoms with van der Waals surface area (Å²) < 4.78 is 13.9. The second kappa shape index (κ2) is 19.1. The van der Waals surface area contributed by atoms with Crippen LogP contribution >= 0.6 is 0 Å². The first-order chi connectivity index (χ1) is 43.3. The molecule has 15 aromatic rings. The fraction of sp³-hybridized carbons (Fsp3) is 0.0864. The van der Waals surface area contributed by atoms with Gasteiger partial charge in [-0.05, 0) is 150 Å². The Bertz CT molecular complexity index is 5390. The number of hydrogen-bond acceptors (Lipinski definition) is 4. The van der Waals surface area contributed by atoms with Crippen molar-refractivity contribution in [3.8, 4) is 22.3 Å². The molecule has 0 aliphatic heterocycles. The first-order valence-electron chi connectivity index (χ1n) is 30.5. The Morgan fingerprint density at radius 2 is 0.663 bits per heavy atom. The summed E-state index contributed by atoms with van der Waals surface area (Å²) in [6.07, 6.45) is 0. The van der Waals surface area contributed by atoms with Crippen molar-refractivity contribution in [3.05, 3.63) is 288 Å². The van der Waals surface area contributed by atoms with Gasteiger partial charge in [-0.25, -0.2) is 9.69 Å². The summed E-state index contributed by atoms with van der Waals surface area (Å²) >= 11 is 0. The first-order valence-corrected chi connectivity index (χ1v) is 37.5. The highest BCUT2D eigenvalue weighted by Crippen LogP contribution is 2.65. The van der Waals surface area contributed by atoms with E-state index in [0.29, 0.717) is 22.5 Å². The zero-order valence-electron chi connectivity index (χ0n) is 50.2. The smallest absolute Gasteiger partial charge is 0.229 e. The highest BCUT2D eigenvalue weighted by Gasteiger charge is 2.52. The zero-order valence-corrected chi connectivity index (χ0v) is 52.2. The van der Waals surface area contributed by atoms with Crippen molar-refractivity contribution >= 4 is 148 Å². The fourth-order valence-electron chi connectivity index (χ4n) is 15.0. The molecule has 6 nitrogen and oxygen atoms in total. The van der Waals surface area contributed by atoms with Crippen molar-refractivity contribution in [2.24, 2.45) is 0 Å². The minimum atomic E-state index is -1.69. The summed E-state index contributed by atoms with van der Waals surface area (Å²) in [5, 5.41) is 13.9. The lowest BCUT2D eigenvalue weighted by atomic mass is 9.70. The van der Waals surface area contributed by atoms with Gasteiger partial charge in [-0.15, -0.1) is 0 Å². The molecule has 0 fully saturated rings. The van der Waals surface area contributed by atoms with Gasteiger partial charge < -0.3 is 18.6 Å². The molecule has 13 aromatic carbocycles. The average Bonchev–Trinajstić information content (AvgIpc) is 1.52. The van der Waals surface area contributed by atoms with Crippen LogP contribution in [-0.2, 0) is 5.41 Å². The number of fused-ring (bicyclic) bond motifs is 22. The minimum Gasteiger partial charge on any atom is -0.465 e. The highest BCUT2D eigenvalue weighted by atomic mass is 28.3. The molecule has 0 saturated heterocycles. The SMILES string of the molecule is [C-]#[N+]c1cccc2c1oc1c(N(c3ccc([Si](C)(C)C)cc3)c3ccc4c(c3)C3(c5ccccc5-c5cc6c7ccccc7c7ccccc7c6cc53)c3cc(N(c5ccc([Si](C)(C)C)cc5)c5cccc6c5oc5c([N+]#[C-])cccc56)ccc3-4)cccc12. The molecule has 422 valence electrons. The third-order valence-electron chi connectivity index (χ3n) is 19.2. The number of hydrogen-bond donors (Lipinski definition) is 0. The van der Waals surface area contributed by atoms with Gasteiger partial charge in [0.15, 0.2) is 11.2 Å². The molecule has 89 heavy (non-hydrogen) atoms. The van der Waals surface area contributed by atoms with Gasteiger partial charge >= 0.3 is 0 Å². The van der Waals surface area contributed by atoms with Crippen LogP contribution in [0.4, 0.5) is 45.5 Å². The summed E-state index contributed by atoms with van der Waals surface area (Å²) in [7, 11) is -3.39. The van der Waals surface area contributed by atoms with Crippen molar-refractivity contribution in [2.75, 3.05) is 9.80 Å². The van der Waals surface area contributed by atoms with Crippen LogP contribution in [0.3, 0.4) is 0 Å². The van der Waals surface area contributed by atoms with Gasteiger partial charge in [-0.2, -0.15) is 0 Å². The molecule has 0 unspecified atom stereocenters. The standard InChI is InChI=1S/C81H58N4O2Si2/c1-82-73-29-15-24-62-64-26-17-31-75(79(64)86-77(62)73)84(49-33-39-53(40-34-49)88(3,4)5)51-37-43-60-61-44-38-52(85(50-35-41-54(42-36-50)89(6,7)8)76-32-18-27-65-63-25-16-30-74(83-2)78(63)87-80(65)76)46-71(61)81(70(60)45-51)69-28-14-13-23-59(69)68-47-66-57-21-11-9-19-55(57)56-20-10-12-22-58(56)67(66)48-72(68)81/h9-48H,3-8H3. The maximum Gasteiger partial charge on any atom is 0.229 e. The topological polar surface area (TPSA) is 41.5 Å². The summed E-state index contributed by atoms with van der Waals surface area (Å²) in [6.45, 7) is 30.7. The molecular weight excluding hydrogens is 1120 g/mol. The van der Waals surface area contributed by atoms with Crippen molar-refractivity contribution in [2.45, 2.75) is 44.7 Å². The molecule has 0 radical (unpaired) electrons. The molecule has 1 spiro atoms. The number of anilines is 6. The molecule has 8 heteroatoms. The quantitative estimate of drug-likeness (QED) is 0.0864. The third-order valence-corrected chi connectivity index (χ3v) is 23.3. The monoisotopic (exact) mass is 1170 g/mol. The molecule has 0 atom stereocenters. The molecule has 0 bridgehead atoms. The van der Waals surface area contributed by atoms with E-state index in [1.54, 1.807) is 0 Å². The van der Waals surface area contributed by atoms with E-state index in [1.165, 1.54) is 76.1 Å². The lowest BCUT2D eigenvalue weighted by Crippen LogP contribution is -2.37. The van der Waals surface area contributed by atoms with Crippen molar-refractivity contribution in [1.82, 2.24) is 0 Å². The maximum absolute atomic E-state index is 8.17. The number of rotatable bonds is 8. The predicted octanol–water partition coefficient (Wildman–Crippen LogP) is 22.4. The lowest BCUT2D eigenvalue weighted by Gasteiger charge is -2.33. The van der Waals surface area contributed by atoms with E-state index >= 15 is 0 Å². The average molecular weight is 1180 g/mol. The normalized spacial score (nSPS) is 13.1. The van der Waals surface area contributed by atoms with Crippen LogP contribution in [0.25, 0.3) is 108 Å². The number of furan rings is 2. The second-order valence-electron chi connectivity index (χ2n) is 26.1. The van der Waals surface area contributed by atoms with E-state index < -0.39 is 21.6 Å². The van der Waals surface area contributed by atoms with Gasteiger partial charge in [-0.1, -0.05) is 220 Å². The van der Waals surface area contributed by atoms with E-state index in [-0.39, 0.29) is 0 Å². The predicted molar refractivity (Wildman–Crippen MR) is 378 cm³/mol. The van der Waals surface area contributed by atoms with Crippen LogP contribution in [0.2, 0.25) is 39.3 Å². The van der Waals surface area contributed by atoms with Gasteiger partial charge in [0, 0.05) is 44.3 Å². The second-order valence-corrected chi connectivity index (χ2v) is 36.3. The van der Waals surface area contributed by atoms with Crippen molar-refractivity contribution in [3.63, 3.8) is 0 Å². The Labute approximate surface area is 518 Å². The van der Waals surface area contributed by atoms with E-state index in [2.05, 4.69) is 277 Å². The first kappa shape index (κ1) is 52.6. The van der Waals surface area contributed by atoms with Gasteiger partial charge in [-0.3, -0.25) is 0 Å². The maximum atomic E-state index is 8.17. The summed E-state index contributed by atoms with van der Waals surface area (Å²) in [5.41, 5.74) is 18.1. The van der Waals surface area contributed by atoms with Crippen LogP contribution in [0.15, 0.2) is 251 Å². The molecule has 2 aliphatic carbocycles. The van der Waals surface area contributed by atoms with E-state index in [9.17, 15) is 0 Å². The van der Waals surface area contributed by atoms with Gasteiger partial charge in [0.25, 0.3) is 0 Å².